The second-order valence-corrected chi connectivity index (χ2v) is 3.34. The number of hydrogen-bond acceptors (Lipinski definition) is 5. The molecule has 1 aromatic heterocycles. The van der Waals surface area contributed by atoms with Gasteiger partial charge in [-0.05, 0) is 13.3 Å². The lowest BCUT2D eigenvalue weighted by molar-refractivity contribution is 0.186. The summed E-state index contributed by atoms with van der Waals surface area (Å²) in [5.41, 5.74) is 0.517. The van der Waals surface area contributed by atoms with Crippen molar-refractivity contribution in [1.82, 2.24) is 4.98 Å². The van der Waals surface area contributed by atoms with Crippen LogP contribution < -0.4 is 4.90 Å². The molecule has 0 aliphatic heterocycles. The molecule has 0 aliphatic rings. The first kappa shape index (κ1) is 11.0. The van der Waals surface area contributed by atoms with Gasteiger partial charge in [-0.1, -0.05) is 0 Å². The standard InChI is InChI=1S/C9H16N2O3/c1-7(13)3-4-11(2)9-10-8(5-12)6-14-9/h6-7,12-13H,3-5H2,1-2H3. The van der Waals surface area contributed by atoms with Crippen LogP contribution in [-0.4, -0.2) is 34.9 Å². The maximum atomic E-state index is 9.08. The van der Waals surface area contributed by atoms with Crippen LogP contribution in [0.4, 0.5) is 6.01 Å². The highest BCUT2D eigenvalue weighted by atomic mass is 16.4. The van der Waals surface area contributed by atoms with Crippen LogP contribution in [0.5, 0.6) is 0 Å². The maximum Gasteiger partial charge on any atom is 0.297 e. The third-order valence-electron chi connectivity index (χ3n) is 1.91. The average Bonchev–Trinajstić information content (AvgIpc) is 2.62. The number of rotatable bonds is 5. The Balaban J connectivity index is 2.47. The van der Waals surface area contributed by atoms with Crippen molar-refractivity contribution in [2.45, 2.75) is 26.1 Å². The minimum Gasteiger partial charge on any atom is -0.432 e. The fourth-order valence-electron chi connectivity index (χ4n) is 1.02. The number of aliphatic hydroxyl groups is 2. The largest absolute Gasteiger partial charge is 0.432 e. The Morgan fingerprint density at radius 2 is 2.36 bits per heavy atom. The summed E-state index contributed by atoms with van der Waals surface area (Å²) >= 11 is 0. The van der Waals surface area contributed by atoms with Gasteiger partial charge in [-0.3, -0.25) is 0 Å². The molecule has 1 aromatic rings. The van der Waals surface area contributed by atoms with Gasteiger partial charge in [0.15, 0.2) is 0 Å². The van der Waals surface area contributed by atoms with E-state index in [1.54, 1.807) is 11.8 Å². The van der Waals surface area contributed by atoms with E-state index in [0.717, 1.165) is 0 Å². The number of aromatic nitrogens is 1. The zero-order chi connectivity index (χ0) is 10.6. The van der Waals surface area contributed by atoms with Gasteiger partial charge in [0.2, 0.25) is 0 Å². The fourth-order valence-corrected chi connectivity index (χ4v) is 1.02. The molecule has 0 saturated carbocycles. The van der Waals surface area contributed by atoms with Crippen molar-refractivity contribution >= 4 is 6.01 Å². The summed E-state index contributed by atoms with van der Waals surface area (Å²) in [6, 6.07) is 0.467. The van der Waals surface area contributed by atoms with E-state index >= 15 is 0 Å². The highest BCUT2D eigenvalue weighted by Gasteiger charge is 2.08. The van der Waals surface area contributed by atoms with Crippen molar-refractivity contribution in [3.63, 3.8) is 0 Å². The Kier molecular flexibility index (Phi) is 3.91. The molecule has 2 N–H and O–H groups in total. The lowest BCUT2D eigenvalue weighted by atomic mass is 10.3. The molecule has 0 saturated heterocycles. The van der Waals surface area contributed by atoms with Crippen molar-refractivity contribution in [2.75, 3.05) is 18.5 Å². The monoisotopic (exact) mass is 200 g/mol. The molecule has 1 unspecified atom stereocenters. The highest BCUT2D eigenvalue weighted by molar-refractivity contribution is 5.24. The van der Waals surface area contributed by atoms with Gasteiger partial charge in [-0.15, -0.1) is 0 Å². The molecule has 1 rings (SSSR count). The number of hydrogen-bond donors (Lipinski definition) is 2. The van der Waals surface area contributed by atoms with E-state index in [9.17, 15) is 0 Å². The van der Waals surface area contributed by atoms with Crippen molar-refractivity contribution in [3.05, 3.63) is 12.0 Å². The van der Waals surface area contributed by atoms with E-state index < -0.39 is 0 Å². The van der Waals surface area contributed by atoms with Crippen LogP contribution in [0.3, 0.4) is 0 Å². The molecule has 1 heterocycles. The molecule has 0 aromatic carbocycles. The van der Waals surface area contributed by atoms with Gasteiger partial charge in [-0.2, -0.15) is 4.98 Å². The number of anilines is 1. The Hall–Kier alpha value is -1.07. The first-order valence-electron chi connectivity index (χ1n) is 4.58. The van der Waals surface area contributed by atoms with E-state index in [4.69, 9.17) is 14.6 Å². The number of nitrogens with zero attached hydrogens (tertiary/aromatic N) is 2. The molecule has 14 heavy (non-hydrogen) atoms. The molecular formula is C9H16N2O3. The van der Waals surface area contributed by atoms with E-state index in [0.29, 0.717) is 24.7 Å². The normalized spacial score (nSPS) is 12.9. The zero-order valence-electron chi connectivity index (χ0n) is 8.47. The van der Waals surface area contributed by atoms with Crippen LogP contribution in [-0.2, 0) is 6.61 Å². The van der Waals surface area contributed by atoms with E-state index in [1.807, 2.05) is 7.05 Å². The summed E-state index contributed by atoms with van der Waals surface area (Å²) in [4.78, 5) is 5.83. The minimum absolute atomic E-state index is 0.117. The van der Waals surface area contributed by atoms with Gasteiger partial charge in [0.05, 0.1) is 12.7 Å². The highest BCUT2D eigenvalue weighted by Crippen LogP contribution is 2.12. The van der Waals surface area contributed by atoms with Gasteiger partial charge >= 0.3 is 0 Å². The molecule has 5 nitrogen and oxygen atoms in total. The first-order valence-corrected chi connectivity index (χ1v) is 4.58. The second kappa shape index (κ2) is 4.97. The number of oxazole rings is 1. The molecule has 0 fully saturated rings. The molecule has 0 amide bonds. The van der Waals surface area contributed by atoms with Gasteiger partial charge in [-0.25, -0.2) is 0 Å². The summed E-state index contributed by atoms with van der Waals surface area (Å²) in [5.74, 6) is 0. The maximum absolute atomic E-state index is 9.08. The lowest BCUT2D eigenvalue weighted by Crippen LogP contribution is -2.22. The lowest BCUT2D eigenvalue weighted by Gasteiger charge is -2.14. The van der Waals surface area contributed by atoms with Gasteiger partial charge in [0.25, 0.3) is 6.01 Å². The molecule has 0 spiro atoms. The molecule has 0 aliphatic carbocycles. The summed E-state index contributed by atoms with van der Waals surface area (Å²) in [5, 5.41) is 17.9. The quantitative estimate of drug-likeness (QED) is 0.718. The van der Waals surface area contributed by atoms with Crippen LogP contribution in [0.1, 0.15) is 19.0 Å². The number of aliphatic hydroxyl groups excluding tert-OH is 2. The first-order chi connectivity index (χ1) is 6.63. The van der Waals surface area contributed by atoms with E-state index in [2.05, 4.69) is 4.98 Å². The summed E-state index contributed by atoms with van der Waals surface area (Å²) in [7, 11) is 1.83. The average molecular weight is 200 g/mol. The Labute approximate surface area is 83.0 Å². The zero-order valence-corrected chi connectivity index (χ0v) is 8.47. The molecule has 0 bridgehead atoms. The van der Waals surface area contributed by atoms with E-state index in [1.165, 1.54) is 6.26 Å². The fraction of sp³-hybridized carbons (Fsp3) is 0.667. The van der Waals surface area contributed by atoms with Crippen molar-refractivity contribution in [1.29, 1.82) is 0 Å². The molecule has 80 valence electrons. The topological polar surface area (TPSA) is 69.7 Å². The summed E-state index contributed by atoms with van der Waals surface area (Å²) in [6.45, 7) is 2.29. The molecule has 1 atom stereocenters. The smallest absolute Gasteiger partial charge is 0.297 e. The second-order valence-electron chi connectivity index (χ2n) is 3.34. The van der Waals surface area contributed by atoms with Gasteiger partial charge in [0, 0.05) is 13.6 Å². The summed E-state index contributed by atoms with van der Waals surface area (Å²) < 4.78 is 5.12. The van der Waals surface area contributed by atoms with Gasteiger partial charge in [0.1, 0.15) is 12.0 Å². The Bertz CT molecular complexity index is 273. The SMILES string of the molecule is CC(O)CCN(C)c1nc(CO)co1. The molecule has 0 radical (unpaired) electrons. The van der Waals surface area contributed by atoms with E-state index in [-0.39, 0.29) is 12.7 Å². The summed E-state index contributed by atoms with van der Waals surface area (Å²) in [6.07, 6.45) is 1.76. The predicted molar refractivity (Wildman–Crippen MR) is 52.0 cm³/mol. The van der Waals surface area contributed by atoms with Gasteiger partial charge < -0.3 is 19.5 Å². The van der Waals surface area contributed by atoms with Crippen LogP contribution in [0.25, 0.3) is 0 Å². The van der Waals surface area contributed by atoms with Crippen molar-refractivity contribution in [3.8, 4) is 0 Å². The third kappa shape index (κ3) is 3.01. The van der Waals surface area contributed by atoms with Crippen molar-refractivity contribution < 1.29 is 14.6 Å². The minimum atomic E-state index is -0.329. The van der Waals surface area contributed by atoms with Crippen LogP contribution in [0, 0.1) is 0 Å². The Morgan fingerprint density at radius 1 is 1.64 bits per heavy atom. The molecule has 5 heteroatoms. The van der Waals surface area contributed by atoms with Crippen LogP contribution in [0.15, 0.2) is 10.7 Å². The van der Waals surface area contributed by atoms with Crippen LogP contribution >= 0.6 is 0 Å². The third-order valence-corrected chi connectivity index (χ3v) is 1.91. The van der Waals surface area contributed by atoms with Crippen LogP contribution in [0.2, 0.25) is 0 Å². The Morgan fingerprint density at radius 3 is 2.86 bits per heavy atom. The van der Waals surface area contributed by atoms with Crippen molar-refractivity contribution in [2.24, 2.45) is 0 Å². The molecular weight excluding hydrogens is 184 g/mol. The predicted octanol–water partition coefficient (Wildman–Crippen LogP) is 0.374.